The van der Waals surface area contributed by atoms with Gasteiger partial charge in [-0.25, -0.2) is 4.79 Å². The van der Waals surface area contributed by atoms with Crippen LogP contribution in [-0.2, 0) is 4.74 Å². The summed E-state index contributed by atoms with van der Waals surface area (Å²) in [5.41, 5.74) is 4.41. The number of esters is 1. The first kappa shape index (κ1) is 14.8. The second kappa shape index (κ2) is 6.31. The second-order valence-electron chi connectivity index (χ2n) is 4.98. The number of pyridine rings is 1. The van der Waals surface area contributed by atoms with Gasteiger partial charge >= 0.3 is 5.97 Å². The molecule has 0 saturated carbocycles. The highest BCUT2D eigenvalue weighted by atomic mass is 16.5. The maximum absolute atomic E-state index is 11.9. The number of hydrogen-bond donors (Lipinski definition) is 2. The Labute approximate surface area is 133 Å². The number of hydrogen-bond acceptors (Lipinski definition) is 5. The molecule has 0 aliphatic rings. The topological polar surface area (TPSA) is 79.9 Å². The average Bonchev–Trinajstić information content (AvgIpc) is 2.96. The number of ether oxygens (including phenoxy) is 1. The van der Waals surface area contributed by atoms with Gasteiger partial charge in [0.1, 0.15) is 5.69 Å². The van der Waals surface area contributed by atoms with Gasteiger partial charge in [0.2, 0.25) is 0 Å². The Hall–Kier alpha value is -3.15. The summed E-state index contributed by atoms with van der Waals surface area (Å²) in [5.74, 6) is -0.419. The summed E-state index contributed by atoms with van der Waals surface area (Å²) in [6.07, 6.45) is 3.14. The number of nitrogens with one attached hydrogen (secondary N) is 2. The molecule has 2 N–H and O–H groups in total. The van der Waals surface area contributed by atoms with Crippen LogP contribution < -0.4 is 5.32 Å². The van der Waals surface area contributed by atoms with E-state index in [-0.39, 0.29) is 0 Å². The first-order valence-electron chi connectivity index (χ1n) is 7.10. The molecular formula is C17H16N4O2. The van der Waals surface area contributed by atoms with Crippen LogP contribution in [-0.4, -0.2) is 28.3 Å². The number of methoxy groups -OCH3 is 1. The van der Waals surface area contributed by atoms with Gasteiger partial charge in [0.25, 0.3) is 0 Å². The summed E-state index contributed by atoms with van der Waals surface area (Å²) in [6.45, 7) is 1.91. The van der Waals surface area contributed by atoms with Gasteiger partial charge in [0.05, 0.1) is 35.9 Å². The zero-order chi connectivity index (χ0) is 16.2. The first-order chi connectivity index (χ1) is 11.2. The zero-order valence-electron chi connectivity index (χ0n) is 12.8. The normalized spacial score (nSPS) is 10.3. The fourth-order valence-corrected chi connectivity index (χ4v) is 2.30. The standard InChI is InChI=1S/C17H16N4O2/c1-11-15(16(21-20-11)12-6-4-3-5-7-12)19-14-10-18-9-8-13(14)17(22)23-2/h3-10,19H,1-2H3,(H,20,21). The summed E-state index contributed by atoms with van der Waals surface area (Å²) in [6, 6.07) is 11.4. The molecule has 23 heavy (non-hydrogen) atoms. The van der Waals surface area contributed by atoms with E-state index >= 15 is 0 Å². The molecule has 3 rings (SSSR count). The van der Waals surface area contributed by atoms with Gasteiger partial charge in [0.15, 0.2) is 0 Å². The number of aromatic nitrogens is 3. The van der Waals surface area contributed by atoms with Crippen molar-refractivity contribution in [1.29, 1.82) is 0 Å². The number of aromatic amines is 1. The second-order valence-corrected chi connectivity index (χ2v) is 4.98. The van der Waals surface area contributed by atoms with Crippen molar-refractivity contribution >= 4 is 17.3 Å². The van der Waals surface area contributed by atoms with Crippen LogP contribution in [0.5, 0.6) is 0 Å². The maximum Gasteiger partial charge on any atom is 0.340 e. The smallest absolute Gasteiger partial charge is 0.340 e. The summed E-state index contributed by atoms with van der Waals surface area (Å²) in [5, 5.41) is 10.6. The molecule has 0 aliphatic carbocycles. The third kappa shape index (κ3) is 2.91. The molecule has 0 unspecified atom stereocenters. The van der Waals surface area contributed by atoms with E-state index in [9.17, 15) is 4.79 Å². The quantitative estimate of drug-likeness (QED) is 0.723. The fraction of sp³-hybridized carbons (Fsp3) is 0.118. The van der Waals surface area contributed by atoms with Gasteiger partial charge in [-0.15, -0.1) is 0 Å². The first-order valence-corrected chi connectivity index (χ1v) is 7.10. The Balaban J connectivity index is 2.02. The molecule has 2 heterocycles. The highest BCUT2D eigenvalue weighted by Gasteiger charge is 2.16. The molecule has 6 heteroatoms. The highest BCUT2D eigenvalue weighted by molar-refractivity contribution is 5.97. The van der Waals surface area contributed by atoms with Crippen molar-refractivity contribution in [2.24, 2.45) is 0 Å². The van der Waals surface area contributed by atoms with E-state index < -0.39 is 5.97 Å². The molecule has 6 nitrogen and oxygen atoms in total. The van der Waals surface area contributed by atoms with Gasteiger partial charge in [0, 0.05) is 11.8 Å². The SMILES string of the molecule is COC(=O)c1ccncc1Nc1c(-c2ccccc2)n[nH]c1C. The van der Waals surface area contributed by atoms with E-state index in [4.69, 9.17) is 4.74 Å². The third-order valence-corrected chi connectivity index (χ3v) is 3.48. The average molecular weight is 308 g/mol. The van der Waals surface area contributed by atoms with Gasteiger partial charge in [-0.3, -0.25) is 10.1 Å². The van der Waals surface area contributed by atoms with E-state index in [0.717, 1.165) is 22.6 Å². The number of nitrogens with zero attached hydrogens (tertiary/aromatic N) is 2. The van der Waals surface area contributed by atoms with E-state index in [1.165, 1.54) is 7.11 Å². The Morgan fingerprint density at radius 1 is 1.22 bits per heavy atom. The molecule has 0 amide bonds. The molecule has 1 aromatic carbocycles. The number of carbonyl (C=O) groups is 1. The zero-order valence-corrected chi connectivity index (χ0v) is 12.8. The molecule has 0 spiro atoms. The van der Waals surface area contributed by atoms with Crippen molar-refractivity contribution in [3.63, 3.8) is 0 Å². The van der Waals surface area contributed by atoms with Crippen LogP contribution in [0.2, 0.25) is 0 Å². The summed E-state index contributed by atoms with van der Waals surface area (Å²) in [4.78, 5) is 16.0. The Kier molecular flexibility index (Phi) is 4.05. The number of aryl methyl sites for hydroxylation is 1. The van der Waals surface area contributed by atoms with Crippen molar-refractivity contribution in [2.45, 2.75) is 6.92 Å². The van der Waals surface area contributed by atoms with E-state index in [2.05, 4.69) is 20.5 Å². The number of rotatable bonds is 4. The van der Waals surface area contributed by atoms with Gasteiger partial charge < -0.3 is 10.1 Å². The Bertz CT molecular complexity index is 828. The van der Waals surface area contributed by atoms with Gasteiger partial charge in [-0.1, -0.05) is 30.3 Å². The predicted octanol–water partition coefficient (Wildman–Crippen LogP) is 3.31. The monoisotopic (exact) mass is 308 g/mol. The lowest BCUT2D eigenvalue weighted by Gasteiger charge is -2.11. The Morgan fingerprint density at radius 2 is 2.00 bits per heavy atom. The molecule has 0 atom stereocenters. The summed E-state index contributed by atoms with van der Waals surface area (Å²) >= 11 is 0. The van der Waals surface area contributed by atoms with Crippen LogP contribution >= 0.6 is 0 Å². The van der Waals surface area contributed by atoms with Crippen molar-refractivity contribution < 1.29 is 9.53 Å². The lowest BCUT2D eigenvalue weighted by molar-refractivity contribution is 0.0602. The van der Waals surface area contributed by atoms with Crippen molar-refractivity contribution in [2.75, 3.05) is 12.4 Å². The van der Waals surface area contributed by atoms with Crippen molar-refractivity contribution in [1.82, 2.24) is 15.2 Å². The third-order valence-electron chi connectivity index (χ3n) is 3.48. The van der Waals surface area contributed by atoms with E-state index in [1.54, 1.807) is 18.5 Å². The van der Waals surface area contributed by atoms with Gasteiger partial charge in [-0.05, 0) is 13.0 Å². The minimum atomic E-state index is -0.419. The van der Waals surface area contributed by atoms with Gasteiger partial charge in [-0.2, -0.15) is 5.10 Å². The van der Waals surface area contributed by atoms with E-state index in [0.29, 0.717) is 11.3 Å². The van der Waals surface area contributed by atoms with Crippen LogP contribution in [0.25, 0.3) is 11.3 Å². The van der Waals surface area contributed by atoms with Crippen LogP contribution in [0.1, 0.15) is 16.1 Å². The van der Waals surface area contributed by atoms with Crippen molar-refractivity contribution in [3.05, 3.63) is 60.0 Å². The maximum atomic E-state index is 11.9. The predicted molar refractivity (Wildman–Crippen MR) is 87.6 cm³/mol. The minimum Gasteiger partial charge on any atom is -0.465 e. The molecule has 3 aromatic rings. The lowest BCUT2D eigenvalue weighted by atomic mass is 10.1. The molecule has 0 saturated heterocycles. The molecule has 0 radical (unpaired) electrons. The van der Waals surface area contributed by atoms with Crippen LogP contribution in [0.15, 0.2) is 48.8 Å². The molecule has 116 valence electrons. The van der Waals surface area contributed by atoms with E-state index in [1.807, 2.05) is 37.3 Å². The molecule has 2 aromatic heterocycles. The number of carbonyl (C=O) groups excluding carboxylic acids is 1. The van der Waals surface area contributed by atoms with Crippen LogP contribution in [0.3, 0.4) is 0 Å². The minimum absolute atomic E-state index is 0.419. The van der Waals surface area contributed by atoms with Crippen LogP contribution in [0.4, 0.5) is 11.4 Å². The van der Waals surface area contributed by atoms with Crippen LogP contribution in [0, 0.1) is 6.92 Å². The fourth-order valence-electron chi connectivity index (χ4n) is 2.30. The number of benzene rings is 1. The Morgan fingerprint density at radius 3 is 2.74 bits per heavy atom. The number of anilines is 2. The molecule has 0 fully saturated rings. The summed E-state index contributed by atoms with van der Waals surface area (Å²) in [7, 11) is 1.35. The molecule has 0 bridgehead atoms. The number of H-pyrrole nitrogens is 1. The molecule has 0 aliphatic heterocycles. The van der Waals surface area contributed by atoms with Crippen molar-refractivity contribution in [3.8, 4) is 11.3 Å². The summed E-state index contributed by atoms with van der Waals surface area (Å²) < 4.78 is 4.81. The largest absolute Gasteiger partial charge is 0.465 e. The molecular weight excluding hydrogens is 292 g/mol. The lowest BCUT2D eigenvalue weighted by Crippen LogP contribution is -2.06. The highest BCUT2D eigenvalue weighted by Crippen LogP contribution is 2.31.